The second kappa shape index (κ2) is 6.61. The Morgan fingerprint density at radius 3 is 2.82 bits per heavy atom. The first-order chi connectivity index (χ1) is 16.1. The molecule has 0 radical (unpaired) electrons. The van der Waals surface area contributed by atoms with Gasteiger partial charge >= 0.3 is 0 Å². The van der Waals surface area contributed by atoms with E-state index in [4.69, 9.17) is 4.98 Å². The SMILES string of the molecule is O=C1Nc2ncccc2C12Cc1cc3ccc(CN4CCc5cc(F)ccc54)nc3cc1C2. The van der Waals surface area contributed by atoms with Crippen LogP contribution >= 0.6 is 0 Å². The fraction of sp³-hybridized carbons (Fsp3) is 0.222. The molecule has 33 heavy (non-hydrogen) atoms. The zero-order valence-corrected chi connectivity index (χ0v) is 17.9. The first-order valence-corrected chi connectivity index (χ1v) is 11.3. The molecule has 1 N–H and O–H groups in total. The summed E-state index contributed by atoms with van der Waals surface area (Å²) >= 11 is 0. The summed E-state index contributed by atoms with van der Waals surface area (Å²) in [6.45, 7) is 1.56. The largest absolute Gasteiger partial charge is 0.365 e. The van der Waals surface area contributed by atoms with Crippen molar-refractivity contribution in [3.8, 4) is 0 Å². The molecule has 2 aliphatic heterocycles. The van der Waals surface area contributed by atoms with Gasteiger partial charge in [0, 0.05) is 29.4 Å². The van der Waals surface area contributed by atoms with Crippen LogP contribution in [0, 0.1) is 5.82 Å². The van der Waals surface area contributed by atoms with E-state index in [0.29, 0.717) is 25.2 Å². The molecular weight excluding hydrogens is 415 g/mol. The molecule has 4 aromatic rings. The third-order valence-electron chi connectivity index (χ3n) is 7.43. The van der Waals surface area contributed by atoms with Crippen molar-refractivity contribution >= 4 is 28.3 Å². The van der Waals surface area contributed by atoms with E-state index >= 15 is 0 Å². The Balaban J connectivity index is 1.22. The predicted octanol–water partition coefficient (Wildman–Crippen LogP) is 4.32. The minimum atomic E-state index is -0.569. The average molecular weight is 436 g/mol. The highest BCUT2D eigenvalue weighted by molar-refractivity contribution is 6.06. The van der Waals surface area contributed by atoms with Crippen LogP contribution in [0.15, 0.2) is 60.8 Å². The third kappa shape index (κ3) is 2.73. The summed E-state index contributed by atoms with van der Waals surface area (Å²) in [7, 11) is 0. The van der Waals surface area contributed by atoms with E-state index in [1.807, 2.05) is 18.2 Å². The summed E-state index contributed by atoms with van der Waals surface area (Å²) in [6.07, 6.45) is 3.93. The Morgan fingerprint density at radius 2 is 1.91 bits per heavy atom. The second-order valence-electron chi connectivity index (χ2n) is 9.35. The van der Waals surface area contributed by atoms with Gasteiger partial charge in [0.2, 0.25) is 5.91 Å². The van der Waals surface area contributed by atoms with Crippen LogP contribution in [-0.4, -0.2) is 22.4 Å². The van der Waals surface area contributed by atoms with Crippen molar-refractivity contribution in [2.45, 2.75) is 31.2 Å². The number of anilines is 2. The molecule has 7 rings (SSSR count). The lowest BCUT2D eigenvalue weighted by Gasteiger charge is -2.20. The van der Waals surface area contributed by atoms with E-state index < -0.39 is 5.41 Å². The molecule has 1 amide bonds. The maximum atomic E-state index is 13.6. The first-order valence-electron chi connectivity index (χ1n) is 11.3. The van der Waals surface area contributed by atoms with Gasteiger partial charge in [0.25, 0.3) is 0 Å². The van der Waals surface area contributed by atoms with Gasteiger partial charge < -0.3 is 10.2 Å². The number of pyridine rings is 2. The molecule has 0 fully saturated rings. The number of hydrogen-bond acceptors (Lipinski definition) is 4. The minimum Gasteiger partial charge on any atom is -0.365 e. The Labute approximate surface area is 190 Å². The number of hydrogen-bond donors (Lipinski definition) is 1. The maximum absolute atomic E-state index is 13.6. The summed E-state index contributed by atoms with van der Waals surface area (Å²) in [6, 6.07) is 17.5. The number of rotatable bonds is 2. The summed E-state index contributed by atoms with van der Waals surface area (Å²) in [5, 5.41) is 4.06. The van der Waals surface area contributed by atoms with Crippen molar-refractivity contribution in [3.05, 3.63) is 94.6 Å². The monoisotopic (exact) mass is 436 g/mol. The van der Waals surface area contributed by atoms with Gasteiger partial charge in [0.1, 0.15) is 11.6 Å². The van der Waals surface area contributed by atoms with Crippen LogP contribution in [0.25, 0.3) is 10.9 Å². The van der Waals surface area contributed by atoms with E-state index in [1.54, 1.807) is 12.3 Å². The van der Waals surface area contributed by atoms with Gasteiger partial charge in [0.05, 0.1) is 23.2 Å². The van der Waals surface area contributed by atoms with Crippen molar-refractivity contribution in [3.63, 3.8) is 0 Å². The number of nitrogens with one attached hydrogen (secondary N) is 1. The summed E-state index contributed by atoms with van der Waals surface area (Å²) in [5.74, 6) is 0.542. The van der Waals surface area contributed by atoms with Crippen LogP contribution in [0.5, 0.6) is 0 Å². The lowest BCUT2D eigenvalue weighted by atomic mass is 9.79. The Morgan fingerprint density at radius 1 is 1.03 bits per heavy atom. The lowest BCUT2D eigenvalue weighted by molar-refractivity contribution is -0.120. The van der Waals surface area contributed by atoms with Crippen molar-refractivity contribution in [2.24, 2.45) is 0 Å². The van der Waals surface area contributed by atoms with Crippen LogP contribution in [0.1, 0.15) is 27.9 Å². The van der Waals surface area contributed by atoms with Crippen molar-refractivity contribution in [2.75, 3.05) is 16.8 Å². The number of carbonyl (C=O) groups is 1. The average Bonchev–Trinajstić information content (AvgIpc) is 3.46. The highest BCUT2D eigenvalue weighted by atomic mass is 19.1. The van der Waals surface area contributed by atoms with E-state index in [1.165, 1.54) is 17.2 Å². The maximum Gasteiger partial charge on any atom is 0.237 e. The molecule has 2 aromatic heterocycles. The molecule has 1 spiro atoms. The molecule has 5 nitrogen and oxygen atoms in total. The predicted molar refractivity (Wildman–Crippen MR) is 125 cm³/mol. The van der Waals surface area contributed by atoms with Gasteiger partial charge in [0.15, 0.2) is 0 Å². The zero-order chi connectivity index (χ0) is 22.2. The van der Waals surface area contributed by atoms with Crippen LogP contribution in [0.3, 0.4) is 0 Å². The molecule has 6 heteroatoms. The highest BCUT2D eigenvalue weighted by Gasteiger charge is 2.51. The normalized spacial score (nSPS) is 20.3. The minimum absolute atomic E-state index is 0.0363. The van der Waals surface area contributed by atoms with Crippen LogP contribution in [0.4, 0.5) is 15.9 Å². The molecular formula is C27H21FN4O. The number of amides is 1. The van der Waals surface area contributed by atoms with Crippen molar-refractivity contribution in [1.82, 2.24) is 9.97 Å². The van der Waals surface area contributed by atoms with Crippen molar-refractivity contribution < 1.29 is 9.18 Å². The summed E-state index contributed by atoms with van der Waals surface area (Å²) in [5.41, 5.74) is 6.90. The molecule has 3 aliphatic rings. The topological polar surface area (TPSA) is 58.1 Å². The van der Waals surface area contributed by atoms with Gasteiger partial charge in [-0.15, -0.1) is 0 Å². The fourth-order valence-electron chi connectivity index (χ4n) is 5.82. The van der Waals surface area contributed by atoms with E-state index in [0.717, 1.165) is 46.4 Å². The van der Waals surface area contributed by atoms with Gasteiger partial charge in [-0.25, -0.2) is 9.37 Å². The number of benzene rings is 2. The molecule has 2 aromatic carbocycles. The smallest absolute Gasteiger partial charge is 0.237 e. The third-order valence-corrected chi connectivity index (χ3v) is 7.43. The van der Waals surface area contributed by atoms with Gasteiger partial charge in [-0.05, 0) is 78.4 Å². The number of aromatic nitrogens is 2. The molecule has 162 valence electrons. The molecule has 1 aliphatic carbocycles. The standard InChI is InChI=1S/C27H21FN4O/c28-20-4-6-24-17(11-20)7-9-32(24)15-21-5-3-16-10-18-13-27(14-19(18)12-23(16)30-21)22-2-1-8-29-25(22)31-26(27)33/h1-6,8,10-12H,7,9,13-15H2,(H,29,31,33). The number of halogens is 1. The lowest BCUT2D eigenvalue weighted by Crippen LogP contribution is -2.35. The first kappa shape index (κ1) is 18.7. The van der Waals surface area contributed by atoms with Gasteiger partial charge in [-0.3, -0.25) is 9.78 Å². The second-order valence-corrected chi connectivity index (χ2v) is 9.35. The van der Waals surface area contributed by atoms with E-state index in [-0.39, 0.29) is 11.7 Å². The van der Waals surface area contributed by atoms with E-state index in [9.17, 15) is 9.18 Å². The summed E-state index contributed by atoms with van der Waals surface area (Å²) in [4.78, 5) is 24.6. The number of nitrogens with zero attached hydrogens (tertiary/aromatic N) is 3. The number of fused-ring (bicyclic) bond motifs is 5. The van der Waals surface area contributed by atoms with E-state index in [2.05, 4.69) is 39.5 Å². The Kier molecular flexibility index (Phi) is 3.75. The zero-order valence-electron chi connectivity index (χ0n) is 17.9. The summed E-state index contributed by atoms with van der Waals surface area (Å²) < 4.78 is 13.6. The Bertz CT molecular complexity index is 1480. The Hall–Kier alpha value is -3.80. The molecule has 1 atom stereocenters. The van der Waals surface area contributed by atoms with Crippen molar-refractivity contribution in [1.29, 1.82) is 0 Å². The number of carbonyl (C=O) groups excluding carboxylic acids is 1. The van der Waals surface area contributed by atoms with Gasteiger partial charge in [-0.2, -0.15) is 0 Å². The van der Waals surface area contributed by atoms with Crippen LogP contribution in [0.2, 0.25) is 0 Å². The van der Waals surface area contributed by atoms with Crippen LogP contribution in [-0.2, 0) is 36.0 Å². The molecule has 0 bridgehead atoms. The quantitative estimate of drug-likeness (QED) is 0.509. The molecule has 0 saturated heterocycles. The fourth-order valence-corrected chi connectivity index (χ4v) is 5.82. The molecule has 1 unspecified atom stereocenters. The van der Waals surface area contributed by atoms with Crippen LogP contribution < -0.4 is 10.2 Å². The van der Waals surface area contributed by atoms with Gasteiger partial charge in [-0.1, -0.05) is 12.1 Å². The molecule has 4 heterocycles. The molecule has 0 saturated carbocycles. The highest BCUT2D eigenvalue weighted by Crippen LogP contribution is 2.47.